The van der Waals surface area contributed by atoms with Crippen molar-refractivity contribution in [3.8, 4) is 5.75 Å². The SMILES string of the molecule is CC.CC.CCCC(Oc1c(C)c(CC)cc(C(=O)NCc2c(C)cc(C)[nH]c2=O)c1C)C1CCC(N(C)C)CN1. The Balaban J connectivity index is 0.00000201. The smallest absolute Gasteiger partial charge is 0.253 e. The van der Waals surface area contributed by atoms with Crippen molar-refractivity contribution >= 4 is 5.91 Å². The van der Waals surface area contributed by atoms with Crippen LogP contribution in [0.5, 0.6) is 5.75 Å². The van der Waals surface area contributed by atoms with Crippen molar-refractivity contribution in [1.29, 1.82) is 0 Å². The standard InChI is InChI=1S/C30H46N4O3.2C2H6/c1-9-11-27(26-13-12-23(16-31-26)34(7)8)37-28-20(5)22(10-2)15-24(21(28)6)29(35)32-17-25-18(3)14-19(4)33-30(25)36;2*1-2/h14-15,23,26-27,31H,9-13,16-17H2,1-8H3,(H,32,35)(H,33,36);2*1-2H3. The summed E-state index contributed by atoms with van der Waals surface area (Å²) < 4.78 is 6.79. The molecule has 3 unspecified atom stereocenters. The summed E-state index contributed by atoms with van der Waals surface area (Å²) in [6.07, 6.45) is 5.05. The van der Waals surface area contributed by atoms with Crippen LogP contribution in [0.25, 0.3) is 0 Å². The lowest BCUT2D eigenvalue weighted by atomic mass is 9.93. The number of likely N-dealkylation sites (N-methyl/N-ethyl adjacent to an activating group) is 1. The number of ether oxygens (including phenoxy) is 1. The molecule has 0 bridgehead atoms. The zero-order valence-corrected chi connectivity index (χ0v) is 28.0. The normalized spacial score (nSPS) is 17.1. The molecule has 1 amide bonds. The minimum atomic E-state index is -0.187. The Kier molecular flexibility index (Phi) is 16.0. The first kappa shape index (κ1) is 36.4. The largest absolute Gasteiger partial charge is 0.488 e. The van der Waals surface area contributed by atoms with Crippen LogP contribution in [-0.2, 0) is 13.0 Å². The van der Waals surface area contributed by atoms with E-state index in [9.17, 15) is 9.59 Å². The second-order valence-corrected chi connectivity index (χ2v) is 10.8. The van der Waals surface area contributed by atoms with Crippen LogP contribution in [0.1, 0.15) is 111 Å². The topological polar surface area (TPSA) is 86.5 Å². The molecule has 2 aromatic rings. The number of aromatic nitrogens is 1. The van der Waals surface area contributed by atoms with Crippen molar-refractivity contribution in [2.75, 3.05) is 20.6 Å². The molecule has 1 aliphatic rings. The van der Waals surface area contributed by atoms with E-state index >= 15 is 0 Å². The number of hydrogen-bond donors (Lipinski definition) is 3. The van der Waals surface area contributed by atoms with Crippen LogP contribution in [0.4, 0.5) is 0 Å². The summed E-state index contributed by atoms with van der Waals surface area (Å²) in [5.74, 6) is 0.636. The molecule has 7 heteroatoms. The Morgan fingerprint density at radius 3 is 2.22 bits per heavy atom. The van der Waals surface area contributed by atoms with Crippen molar-refractivity contribution in [2.24, 2.45) is 0 Å². The minimum Gasteiger partial charge on any atom is -0.488 e. The third-order valence-electron chi connectivity index (χ3n) is 7.88. The Morgan fingerprint density at radius 2 is 1.71 bits per heavy atom. The molecule has 1 saturated heterocycles. The van der Waals surface area contributed by atoms with E-state index in [1.165, 1.54) is 0 Å². The number of hydrogen-bond acceptors (Lipinski definition) is 5. The van der Waals surface area contributed by atoms with Crippen LogP contribution in [-0.4, -0.2) is 54.6 Å². The predicted molar refractivity (Wildman–Crippen MR) is 174 cm³/mol. The summed E-state index contributed by atoms with van der Waals surface area (Å²) in [6, 6.07) is 4.74. The molecule has 0 spiro atoms. The van der Waals surface area contributed by atoms with E-state index in [4.69, 9.17) is 4.74 Å². The highest BCUT2D eigenvalue weighted by atomic mass is 16.5. The van der Waals surface area contributed by atoms with E-state index in [0.717, 1.165) is 72.3 Å². The molecule has 41 heavy (non-hydrogen) atoms. The number of rotatable bonds is 10. The van der Waals surface area contributed by atoms with Crippen LogP contribution in [0.2, 0.25) is 0 Å². The zero-order chi connectivity index (χ0) is 31.3. The Bertz CT molecular complexity index is 1150. The number of H-pyrrole nitrogens is 1. The first-order chi connectivity index (χ1) is 19.6. The van der Waals surface area contributed by atoms with Gasteiger partial charge in [-0.1, -0.05) is 48.0 Å². The molecule has 0 saturated carbocycles. The number of carbonyl (C=O) groups excluding carboxylic acids is 1. The molecule has 1 aromatic carbocycles. The lowest BCUT2D eigenvalue weighted by molar-refractivity contribution is 0.0943. The van der Waals surface area contributed by atoms with Crippen LogP contribution in [0, 0.1) is 27.7 Å². The molecular formula is C34H58N4O3. The maximum atomic E-state index is 13.4. The number of piperidine rings is 1. The molecule has 7 nitrogen and oxygen atoms in total. The van der Waals surface area contributed by atoms with E-state index < -0.39 is 0 Å². The van der Waals surface area contributed by atoms with Gasteiger partial charge in [0.15, 0.2) is 0 Å². The van der Waals surface area contributed by atoms with Gasteiger partial charge in [0.25, 0.3) is 11.5 Å². The number of pyridine rings is 1. The first-order valence-corrected chi connectivity index (χ1v) is 15.7. The summed E-state index contributed by atoms with van der Waals surface area (Å²) in [5, 5.41) is 6.72. The quantitative estimate of drug-likeness (QED) is 0.308. The summed E-state index contributed by atoms with van der Waals surface area (Å²) >= 11 is 0. The third kappa shape index (κ3) is 9.71. The monoisotopic (exact) mass is 570 g/mol. The predicted octanol–water partition coefficient (Wildman–Crippen LogP) is 6.38. The summed E-state index contributed by atoms with van der Waals surface area (Å²) in [5.41, 5.74) is 5.78. The van der Waals surface area contributed by atoms with Gasteiger partial charge >= 0.3 is 0 Å². The third-order valence-corrected chi connectivity index (χ3v) is 7.88. The average molecular weight is 571 g/mol. The number of nitrogens with zero attached hydrogens (tertiary/aromatic N) is 1. The molecule has 1 aromatic heterocycles. The molecule has 3 rings (SSSR count). The van der Waals surface area contributed by atoms with Gasteiger partial charge in [0.2, 0.25) is 0 Å². The molecule has 3 atom stereocenters. The summed E-state index contributed by atoms with van der Waals surface area (Å²) in [6.45, 7) is 21.3. The van der Waals surface area contributed by atoms with Crippen molar-refractivity contribution in [1.82, 2.24) is 20.5 Å². The van der Waals surface area contributed by atoms with Gasteiger partial charge in [0.05, 0.1) is 0 Å². The second-order valence-electron chi connectivity index (χ2n) is 10.8. The van der Waals surface area contributed by atoms with Gasteiger partial charge in [0.1, 0.15) is 11.9 Å². The highest BCUT2D eigenvalue weighted by Gasteiger charge is 2.30. The fourth-order valence-corrected chi connectivity index (χ4v) is 5.48. The first-order valence-electron chi connectivity index (χ1n) is 15.7. The lowest BCUT2D eigenvalue weighted by Crippen LogP contribution is -2.53. The van der Waals surface area contributed by atoms with Crippen LogP contribution in [0.3, 0.4) is 0 Å². The van der Waals surface area contributed by atoms with Gasteiger partial charge in [-0.2, -0.15) is 0 Å². The molecule has 232 valence electrons. The Morgan fingerprint density at radius 1 is 1.05 bits per heavy atom. The van der Waals surface area contributed by atoms with Crippen LogP contribution < -0.4 is 20.9 Å². The van der Waals surface area contributed by atoms with Gasteiger partial charge in [-0.25, -0.2) is 0 Å². The van der Waals surface area contributed by atoms with E-state index in [1.54, 1.807) is 0 Å². The lowest BCUT2D eigenvalue weighted by Gasteiger charge is -2.38. The van der Waals surface area contributed by atoms with Gasteiger partial charge in [-0.05, 0) is 96.3 Å². The molecule has 0 radical (unpaired) electrons. The molecule has 3 N–H and O–H groups in total. The fourth-order valence-electron chi connectivity index (χ4n) is 5.48. The molecule has 1 aliphatic heterocycles. The van der Waals surface area contributed by atoms with Crippen molar-refractivity contribution in [3.63, 3.8) is 0 Å². The second kappa shape index (κ2) is 18.0. The number of aromatic amines is 1. The van der Waals surface area contributed by atoms with Gasteiger partial charge in [0, 0.05) is 47.6 Å². The molecule has 0 aliphatic carbocycles. The Hall–Kier alpha value is -2.64. The number of amides is 1. The maximum absolute atomic E-state index is 13.4. The number of aryl methyl sites for hydroxylation is 3. The molecular weight excluding hydrogens is 512 g/mol. The van der Waals surface area contributed by atoms with Crippen molar-refractivity contribution in [2.45, 2.75) is 126 Å². The van der Waals surface area contributed by atoms with Crippen molar-refractivity contribution in [3.05, 3.63) is 61.6 Å². The van der Waals surface area contributed by atoms with Gasteiger partial charge in [-0.15, -0.1) is 0 Å². The van der Waals surface area contributed by atoms with E-state index in [2.05, 4.69) is 55.4 Å². The van der Waals surface area contributed by atoms with Crippen molar-refractivity contribution < 1.29 is 9.53 Å². The summed E-state index contributed by atoms with van der Waals surface area (Å²) in [4.78, 5) is 30.9. The molecule has 1 fully saturated rings. The maximum Gasteiger partial charge on any atom is 0.253 e. The number of carbonyl (C=O) groups is 1. The fraction of sp³-hybridized carbons (Fsp3) is 0.647. The highest BCUT2D eigenvalue weighted by molar-refractivity contribution is 5.96. The zero-order valence-electron chi connectivity index (χ0n) is 28.0. The summed E-state index contributed by atoms with van der Waals surface area (Å²) in [7, 11) is 4.27. The highest BCUT2D eigenvalue weighted by Crippen LogP contribution is 2.33. The number of nitrogens with one attached hydrogen (secondary N) is 3. The number of benzene rings is 1. The Labute approximate surface area is 249 Å². The van der Waals surface area contributed by atoms with Gasteiger partial charge in [-0.3, -0.25) is 9.59 Å². The van der Waals surface area contributed by atoms with E-state index in [1.807, 2.05) is 60.6 Å². The van der Waals surface area contributed by atoms with E-state index in [-0.39, 0.29) is 30.2 Å². The average Bonchev–Trinajstić information content (AvgIpc) is 2.96. The van der Waals surface area contributed by atoms with E-state index in [0.29, 0.717) is 17.2 Å². The molecule has 2 heterocycles. The van der Waals surface area contributed by atoms with Crippen LogP contribution in [0.15, 0.2) is 16.9 Å². The van der Waals surface area contributed by atoms with Gasteiger partial charge < -0.3 is 25.3 Å². The minimum absolute atomic E-state index is 0.0438. The van der Waals surface area contributed by atoms with Crippen LogP contribution >= 0.6 is 0 Å².